The van der Waals surface area contributed by atoms with Crippen LogP contribution in [0.15, 0.2) is 41.4 Å². The average Bonchev–Trinajstić information content (AvgIpc) is 3.55. The second kappa shape index (κ2) is 7.77. The fourth-order valence-electron chi connectivity index (χ4n) is 4.76. The van der Waals surface area contributed by atoms with E-state index in [0.29, 0.717) is 22.6 Å². The van der Waals surface area contributed by atoms with Crippen molar-refractivity contribution in [2.75, 3.05) is 18.0 Å². The molecule has 1 N–H and O–H groups in total. The van der Waals surface area contributed by atoms with Crippen LogP contribution in [0.25, 0.3) is 0 Å². The van der Waals surface area contributed by atoms with E-state index < -0.39 is 0 Å². The molecule has 0 bridgehead atoms. The fraction of sp³-hybridized carbons (Fsp3) is 0.435. The standard InChI is InChI=1S/C23H24Cl3N3/c24-17-3-1-15(2-4-17)14-28-22-23(7-9-27-10-8-23)13-16-11-19(25)20(26)12-21(16)29(22)18-5-6-18/h1-4,11-12,18,27H,5-10,13-14H2. The molecule has 29 heavy (non-hydrogen) atoms. The normalized spacial score (nSPS) is 22.2. The second-order valence-electron chi connectivity index (χ2n) is 8.47. The van der Waals surface area contributed by atoms with E-state index in [0.717, 1.165) is 37.4 Å². The maximum absolute atomic E-state index is 6.43. The van der Waals surface area contributed by atoms with Crippen LogP contribution in [0.5, 0.6) is 0 Å². The molecule has 3 nitrogen and oxygen atoms in total. The van der Waals surface area contributed by atoms with Gasteiger partial charge < -0.3 is 10.2 Å². The van der Waals surface area contributed by atoms with Gasteiger partial charge in [-0.05, 0) is 80.6 Å². The van der Waals surface area contributed by atoms with Crippen LogP contribution in [0.1, 0.15) is 36.8 Å². The summed E-state index contributed by atoms with van der Waals surface area (Å²) >= 11 is 18.9. The first-order valence-corrected chi connectivity index (χ1v) is 11.5. The fourth-order valence-corrected chi connectivity index (χ4v) is 5.23. The number of hydrogen-bond acceptors (Lipinski definition) is 2. The molecule has 6 heteroatoms. The van der Waals surface area contributed by atoms with Crippen LogP contribution in [0.4, 0.5) is 5.69 Å². The van der Waals surface area contributed by atoms with Gasteiger partial charge in [-0.15, -0.1) is 0 Å². The second-order valence-corrected chi connectivity index (χ2v) is 9.72. The Hall–Kier alpha value is -1.26. The van der Waals surface area contributed by atoms with Crippen LogP contribution in [0.2, 0.25) is 15.1 Å². The van der Waals surface area contributed by atoms with E-state index in [-0.39, 0.29) is 5.41 Å². The molecule has 5 rings (SSSR count). The molecule has 0 unspecified atom stereocenters. The number of rotatable bonds is 3. The number of nitrogens with zero attached hydrogens (tertiary/aromatic N) is 2. The molecule has 2 aromatic carbocycles. The van der Waals surface area contributed by atoms with Crippen molar-refractivity contribution in [2.45, 2.75) is 44.7 Å². The molecular weight excluding hydrogens is 425 g/mol. The lowest BCUT2D eigenvalue weighted by Gasteiger charge is -2.48. The van der Waals surface area contributed by atoms with Crippen LogP contribution in [0, 0.1) is 5.41 Å². The molecule has 3 aliphatic rings. The number of nitrogens with one attached hydrogen (secondary N) is 1. The number of amidine groups is 1. The van der Waals surface area contributed by atoms with Gasteiger partial charge in [0.15, 0.2) is 0 Å². The Morgan fingerprint density at radius 3 is 2.38 bits per heavy atom. The van der Waals surface area contributed by atoms with E-state index in [1.165, 1.54) is 35.5 Å². The third-order valence-corrected chi connectivity index (χ3v) is 7.38. The number of halogens is 3. The van der Waals surface area contributed by atoms with Crippen molar-refractivity contribution < 1.29 is 0 Å². The van der Waals surface area contributed by atoms with Gasteiger partial charge in [0, 0.05) is 22.2 Å². The monoisotopic (exact) mass is 447 g/mol. The summed E-state index contributed by atoms with van der Waals surface area (Å²) in [4.78, 5) is 7.74. The van der Waals surface area contributed by atoms with Crippen LogP contribution >= 0.6 is 34.8 Å². The topological polar surface area (TPSA) is 27.6 Å². The van der Waals surface area contributed by atoms with Gasteiger partial charge in [0.05, 0.1) is 16.6 Å². The Labute approximate surface area is 187 Å². The summed E-state index contributed by atoms with van der Waals surface area (Å²) < 4.78 is 0. The molecule has 2 fully saturated rings. The lowest BCUT2D eigenvalue weighted by atomic mass is 9.70. The summed E-state index contributed by atoms with van der Waals surface area (Å²) in [5.41, 5.74) is 3.74. The zero-order valence-corrected chi connectivity index (χ0v) is 18.5. The number of hydrogen-bond donors (Lipinski definition) is 1. The highest BCUT2D eigenvalue weighted by atomic mass is 35.5. The van der Waals surface area contributed by atoms with E-state index in [1.54, 1.807) is 0 Å². The molecule has 0 amide bonds. The highest BCUT2D eigenvalue weighted by Crippen LogP contribution is 2.49. The highest BCUT2D eigenvalue weighted by Gasteiger charge is 2.48. The molecule has 1 saturated heterocycles. The molecular formula is C23H24Cl3N3. The first-order chi connectivity index (χ1) is 14.1. The van der Waals surface area contributed by atoms with Gasteiger partial charge >= 0.3 is 0 Å². The number of piperidine rings is 1. The van der Waals surface area contributed by atoms with Crippen LogP contribution in [-0.4, -0.2) is 25.0 Å². The molecule has 2 heterocycles. The number of benzene rings is 2. The van der Waals surface area contributed by atoms with Crippen molar-refractivity contribution in [1.82, 2.24) is 5.32 Å². The number of anilines is 1. The Bertz CT molecular complexity index is 945. The zero-order valence-electron chi connectivity index (χ0n) is 16.2. The van der Waals surface area contributed by atoms with Crippen molar-refractivity contribution in [2.24, 2.45) is 10.4 Å². The lowest BCUT2D eigenvalue weighted by molar-refractivity contribution is 0.287. The number of aliphatic imine (C=N–C) groups is 1. The Kier molecular flexibility index (Phi) is 5.28. The van der Waals surface area contributed by atoms with E-state index in [1.807, 2.05) is 18.2 Å². The first kappa shape index (κ1) is 19.7. The molecule has 1 saturated carbocycles. The Balaban J connectivity index is 1.60. The van der Waals surface area contributed by atoms with Crippen molar-refractivity contribution >= 4 is 46.3 Å². The summed E-state index contributed by atoms with van der Waals surface area (Å²) in [7, 11) is 0. The first-order valence-electron chi connectivity index (χ1n) is 10.3. The molecule has 152 valence electrons. The van der Waals surface area contributed by atoms with Gasteiger partial charge in [-0.1, -0.05) is 46.9 Å². The number of fused-ring (bicyclic) bond motifs is 1. The van der Waals surface area contributed by atoms with E-state index in [9.17, 15) is 0 Å². The summed E-state index contributed by atoms with van der Waals surface area (Å²) in [6.07, 6.45) is 5.57. The van der Waals surface area contributed by atoms with E-state index >= 15 is 0 Å². The third-order valence-electron chi connectivity index (χ3n) is 6.41. The minimum atomic E-state index is 0.0599. The van der Waals surface area contributed by atoms with Crippen molar-refractivity contribution in [3.63, 3.8) is 0 Å². The van der Waals surface area contributed by atoms with Gasteiger partial charge in [-0.3, -0.25) is 4.99 Å². The quantitative estimate of drug-likeness (QED) is 0.610. The molecule has 1 aliphatic carbocycles. The highest BCUT2D eigenvalue weighted by molar-refractivity contribution is 6.42. The molecule has 2 aliphatic heterocycles. The van der Waals surface area contributed by atoms with Gasteiger partial charge in [-0.2, -0.15) is 0 Å². The largest absolute Gasteiger partial charge is 0.326 e. The van der Waals surface area contributed by atoms with Gasteiger partial charge in [0.2, 0.25) is 0 Å². The molecule has 2 aromatic rings. The van der Waals surface area contributed by atoms with E-state index in [4.69, 9.17) is 39.8 Å². The predicted molar refractivity (Wildman–Crippen MR) is 123 cm³/mol. The van der Waals surface area contributed by atoms with Gasteiger partial charge in [-0.25, -0.2) is 0 Å². The van der Waals surface area contributed by atoms with Crippen molar-refractivity contribution in [1.29, 1.82) is 0 Å². The predicted octanol–water partition coefficient (Wildman–Crippen LogP) is 6.14. The summed E-state index contributed by atoms with van der Waals surface area (Å²) in [5.74, 6) is 1.24. The Morgan fingerprint density at radius 2 is 1.69 bits per heavy atom. The van der Waals surface area contributed by atoms with Gasteiger partial charge in [0.25, 0.3) is 0 Å². The summed E-state index contributed by atoms with van der Waals surface area (Å²) in [6, 6.07) is 12.6. The van der Waals surface area contributed by atoms with Crippen molar-refractivity contribution in [3.8, 4) is 0 Å². The SMILES string of the molecule is Clc1ccc(CN=C2N(C3CC3)c3cc(Cl)c(Cl)cc3CC23CCNCC3)cc1. The summed E-state index contributed by atoms with van der Waals surface area (Å²) in [6.45, 7) is 2.71. The lowest BCUT2D eigenvalue weighted by Crippen LogP contribution is -2.54. The smallest absolute Gasteiger partial charge is 0.111 e. The average molecular weight is 449 g/mol. The van der Waals surface area contributed by atoms with Gasteiger partial charge in [0.1, 0.15) is 5.84 Å². The molecule has 0 atom stereocenters. The maximum Gasteiger partial charge on any atom is 0.111 e. The Morgan fingerprint density at radius 1 is 1.00 bits per heavy atom. The van der Waals surface area contributed by atoms with Crippen molar-refractivity contribution in [3.05, 3.63) is 62.6 Å². The maximum atomic E-state index is 6.43. The molecule has 1 spiro atoms. The minimum absolute atomic E-state index is 0.0599. The van der Waals surface area contributed by atoms with Crippen LogP contribution in [0.3, 0.4) is 0 Å². The van der Waals surface area contributed by atoms with Crippen LogP contribution < -0.4 is 10.2 Å². The van der Waals surface area contributed by atoms with E-state index in [2.05, 4.69) is 28.4 Å². The molecule has 0 radical (unpaired) electrons. The molecule has 0 aromatic heterocycles. The summed E-state index contributed by atoms with van der Waals surface area (Å²) in [5, 5.41) is 5.55. The minimum Gasteiger partial charge on any atom is -0.326 e. The van der Waals surface area contributed by atoms with Crippen LogP contribution in [-0.2, 0) is 13.0 Å². The zero-order chi connectivity index (χ0) is 20.0. The third kappa shape index (κ3) is 3.79.